The van der Waals surface area contributed by atoms with Gasteiger partial charge in [0.2, 0.25) is 6.23 Å². The van der Waals surface area contributed by atoms with Crippen molar-refractivity contribution in [2.45, 2.75) is 136 Å². The SMILES string of the molecule is CNc1ccn(C2OC(COCCO[C@@H]3CC[C@]4(C)C(=CCC5C4CC[C@]4(C)C5CC[C@H]4[C@@H](C)CCCC(C)C)C3)C(O)C2(F)F)c(=O)n1. The smallest absolute Gasteiger partial charge is 0.351 e. The summed E-state index contributed by atoms with van der Waals surface area (Å²) >= 11 is 0. The van der Waals surface area contributed by atoms with Crippen molar-refractivity contribution in [2.75, 3.05) is 32.2 Å². The van der Waals surface area contributed by atoms with Gasteiger partial charge in [-0.2, -0.15) is 13.8 Å². The minimum Gasteiger partial charge on any atom is -0.384 e. The second-order valence-electron chi connectivity index (χ2n) is 17.0. The summed E-state index contributed by atoms with van der Waals surface area (Å²) in [6.45, 7) is 12.7. The van der Waals surface area contributed by atoms with Crippen LogP contribution in [0.15, 0.2) is 28.7 Å². The monoisotopic (exact) mass is 689 g/mol. The van der Waals surface area contributed by atoms with E-state index in [4.69, 9.17) is 14.2 Å². The summed E-state index contributed by atoms with van der Waals surface area (Å²) in [4.78, 5) is 16.0. The zero-order chi connectivity index (χ0) is 35.1. The molecule has 5 aliphatic rings. The number of nitrogens with one attached hydrogen (secondary N) is 1. The number of anilines is 1. The molecule has 4 aliphatic carbocycles. The number of alkyl halides is 2. The highest BCUT2D eigenvalue weighted by Gasteiger charge is 2.60. The van der Waals surface area contributed by atoms with Crippen LogP contribution in [0.1, 0.15) is 111 Å². The Bertz CT molecular complexity index is 1390. The van der Waals surface area contributed by atoms with Gasteiger partial charge in [0.1, 0.15) is 11.9 Å². The van der Waals surface area contributed by atoms with E-state index in [1.54, 1.807) is 12.6 Å². The summed E-state index contributed by atoms with van der Waals surface area (Å²) in [6, 6.07) is 1.40. The summed E-state index contributed by atoms with van der Waals surface area (Å²) in [5, 5.41) is 13.0. The van der Waals surface area contributed by atoms with Gasteiger partial charge in [-0.3, -0.25) is 4.57 Å². The molecule has 2 N–H and O–H groups in total. The van der Waals surface area contributed by atoms with Crippen molar-refractivity contribution in [1.82, 2.24) is 9.55 Å². The Labute approximate surface area is 291 Å². The van der Waals surface area contributed by atoms with Gasteiger partial charge in [-0.1, -0.05) is 65.5 Å². The molecule has 6 rings (SSSR count). The molecule has 0 bridgehead atoms. The summed E-state index contributed by atoms with van der Waals surface area (Å²) < 4.78 is 47.9. The number of allylic oxidation sites excluding steroid dienone is 1. The minimum atomic E-state index is -3.68. The molecular formula is C39H61F2N3O5. The van der Waals surface area contributed by atoms with E-state index in [0.29, 0.717) is 16.6 Å². The van der Waals surface area contributed by atoms with E-state index in [2.05, 4.69) is 51.0 Å². The Morgan fingerprint density at radius 3 is 2.63 bits per heavy atom. The van der Waals surface area contributed by atoms with E-state index in [1.807, 2.05) is 0 Å². The normalized spacial score (nSPS) is 38.9. The van der Waals surface area contributed by atoms with Crippen LogP contribution < -0.4 is 11.0 Å². The predicted molar refractivity (Wildman–Crippen MR) is 187 cm³/mol. The number of rotatable bonds is 13. The minimum absolute atomic E-state index is 0.123. The molecule has 0 spiro atoms. The molecule has 6 unspecified atom stereocenters. The Balaban J connectivity index is 0.976. The van der Waals surface area contributed by atoms with Crippen LogP contribution in [0.3, 0.4) is 0 Å². The number of halogens is 2. The lowest BCUT2D eigenvalue weighted by molar-refractivity contribution is -0.141. The van der Waals surface area contributed by atoms with Crippen LogP contribution in [-0.4, -0.2) is 65.8 Å². The molecule has 11 atom stereocenters. The largest absolute Gasteiger partial charge is 0.384 e. The summed E-state index contributed by atoms with van der Waals surface area (Å²) in [6.07, 6.45) is 12.5. The van der Waals surface area contributed by atoms with E-state index in [-0.39, 0.29) is 30.6 Å². The van der Waals surface area contributed by atoms with Crippen molar-refractivity contribution in [3.05, 3.63) is 34.4 Å². The zero-order valence-corrected chi connectivity index (χ0v) is 30.6. The van der Waals surface area contributed by atoms with E-state index in [0.717, 1.165) is 54.8 Å². The van der Waals surface area contributed by atoms with Gasteiger partial charge >= 0.3 is 11.6 Å². The van der Waals surface area contributed by atoms with Crippen LogP contribution in [0.25, 0.3) is 0 Å². The van der Waals surface area contributed by atoms with Gasteiger partial charge < -0.3 is 24.6 Å². The number of ether oxygens (including phenoxy) is 3. The van der Waals surface area contributed by atoms with Gasteiger partial charge in [-0.15, -0.1) is 0 Å². The number of aliphatic hydroxyl groups is 1. The Kier molecular flexibility index (Phi) is 11.0. The standard InChI is InChI=1S/C39H61F2N3O5/c1-24(2)8-7-9-25(3)29-12-13-30-28-11-10-26-22-27(14-17-37(26,4)31(28)15-18-38(29,30)5)48-21-20-47-23-32-34(45)39(40,41)35(49-32)44-19-16-33(42-6)43-36(44)46/h10,16,19,24-25,27-32,34-35,45H,7-9,11-15,17-18,20-23H2,1-6H3,(H,42,43,46)/t25-,27+,28?,29-,30?,31?,32?,34?,35?,37+,38-/m0/s1. The average molecular weight is 690 g/mol. The van der Waals surface area contributed by atoms with Crippen LogP contribution in [0.5, 0.6) is 0 Å². The van der Waals surface area contributed by atoms with Crippen molar-refractivity contribution in [1.29, 1.82) is 0 Å². The van der Waals surface area contributed by atoms with E-state index in [1.165, 1.54) is 63.6 Å². The van der Waals surface area contributed by atoms with E-state index < -0.39 is 30.0 Å². The van der Waals surface area contributed by atoms with Gasteiger partial charge in [-0.05, 0) is 104 Å². The first-order valence-electron chi connectivity index (χ1n) is 19.2. The lowest BCUT2D eigenvalue weighted by Gasteiger charge is -2.58. The number of aromatic nitrogens is 2. The number of hydrogen-bond acceptors (Lipinski definition) is 7. The Morgan fingerprint density at radius 2 is 1.90 bits per heavy atom. The maximum atomic E-state index is 14.9. The third kappa shape index (κ3) is 7.02. The van der Waals surface area contributed by atoms with E-state index in [9.17, 15) is 18.7 Å². The van der Waals surface area contributed by atoms with Gasteiger partial charge in [-0.25, -0.2) is 4.79 Å². The molecule has 49 heavy (non-hydrogen) atoms. The molecule has 1 aliphatic heterocycles. The maximum Gasteiger partial charge on any atom is 0.351 e. The molecule has 1 saturated heterocycles. The van der Waals surface area contributed by atoms with E-state index >= 15 is 0 Å². The second kappa shape index (κ2) is 14.6. The molecule has 0 amide bonds. The predicted octanol–water partition coefficient (Wildman–Crippen LogP) is 7.62. The molecule has 4 fully saturated rings. The van der Waals surface area contributed by atoms with Gasteiger partial charge in [0.15, 0.2) is 6.10 Å². The van der Waals surface area contributed by atoms with Gasteiger partial charge in [0, 0.05) is 13.2 Å². The highest BCUT2D eigenvalue weighted by atomic mass is 19.3. The van der Waals surface area contributed by atoms with Crippen LogP contribution in [0, 0.1) is 46.3 Å². The molecule has 8 nitrogen and oxygen atoms in total. The van der Waals surface area contributed by atoms with Crippen molar-refractivity contribution < 1.29 is 28.1 Å². The molecule has 276 valence electrons. The number of fused-ring (bicyclic) bond motifs is 5. The topological polar surface area (TPSA) is 94.8 Å². The quantitative estimate of drug-likeness (QED) is 0.163. The molecule has 0 radical (unpaired) electrons. The fourth-order valence-corrected chi connectivity index (χ4v) is 11.1. The van der Waals surface area contributed by atoms with Crippen molar-refractivity contribution in [3.63, 3.8) is 0 Å². The number of hydrogen-bond donors (Lipinski definition) is 2. The summed E-state index contributed by atoms with van der Waals surface area (Å²) in [5.41, 5.74) is 1.43. The fourth-order valence-electron chi connectivity index (χ4n) is 11.1. The third-order valence-electron chi connectivity index (χ3n) is 13.8. The summed E-state index contributed by atoms with van der Waals surface area (Å²) in [7, 11) is 1.58. The molecule has 10 heteroatoms. The molecule has 1 aromatic heterocycles. The van der Waals surface area contributed by atoms with Crippen LogP contribution >= 0.6 is 0 Å². The van der Waals surface area contributed by atoms with Crippen LogP contribution in [0.2, 0.25) is 0 Å². The highest BCUT2D eigenvalue weighted by molar-refractivity contribution is 5.30. The van der Waals surface area contributed by atoms with Crippen LogP contribution in [0.4, 0.5) is 14.6 Å². The van der Waals surface area contributed by atoms with Gasteiger partial charge in [0.05, 0.1) is 25.9 Å². The van der Waals surface area contributed by atoms with Gasteiger partial charge in [0.25, 0.3) is 0 Å². The molecule has 0 aromatic carbocycles. The second-order valence-corrected chi connectivity index (χ2v) is 17.0. The molecule has 3 saturated carbocycles. The van der Waals surface area contributed by atoms with Crippen LogP contribution in [-0.2, 0) is 14.2 Å². The zero-order valence-electron chi connectivity index (χ0n) is 30.6. The molecule has 1 aromatic rings. The Morgan fingerprint density at radius 1 is 1.10 bits per heavy atom. The third-order valence-corrected chi connectivity index (χ3v) is 13.8. The van der Waals surface area contributed by atoms with Crippen molar-refractivity contribution >= 4 is 5.82 Å². The first-order valence-corrected chi connectivity index (χ1v) is 19.2. The first kappa shape index (κ1) is 36.9. The number of aliphatic hydroxyl groups excluding tert-OH is 1. The fraction of sp³-hybridized carbons (Fsp3) is 0.846. The Hall–Kier alpha value is -1.88. The van der Waals surface area contributed by atoms with Crippen molar-refractivity contribution in [3.8, 4) is 0 Å². The molecule has 2 heterocycles. The van der Waals surface area contributed by atoms with Crippen molar-refractivity contribution in [2.24, 2.45) is 46.3 Å². The average Bonchev–Trinajstić information content (AvgIpc) is 3.53. The highest BCUT2D eigenvalue weighted by Crippen LogP contribution is 2.67. The lowest BCUT2D eigenvalue weighted by Crippen LogP contribution is -2.51. The maximum absolute atomic E-state index is 14.9. The molecular weight excluding hydrogens is 628 g/mol. The first-order chi connectivity index (χ1) is 23.3. The lowest BCUT2D eigenvalue weighted by atomic mass is 9.47. The summed E-state index contributed by atoms with van der Waals surface area (Å²) in [5.74, 6) is 1.48. The number of nitrogens with zero attached hydrogens (tertiary/aromatic N) is 2.